The lowest BCUT2D eigenvalue weighted by molar-refractivity contribution is 0.0975. The monoisotopic (exact) mass is 318 g/mol. The molecule has 2 aliphatic carbocycles. The number of fused-ring (bicyclic) bond motifs is 3. The van der Waals surface area contributed by atoms with E-state index in [1.54, 1.807) is 18.3 Å². The van der Waals surface area contributed by atoms with Gasteiger partial charge in [0.05, 0.1) is 5.56 Å². The summed E-state index contributed by atoms with van der Waals surface area (Å²) in [6, 6.07) is 7.96. The molecule has 1 aromatic heterocycles. The van der Waals surface area contributed by atoms with Crippen molar-refractivity contribution in [1.29, 1.82) is 0 Å². The first-order valence-corrected chi connectivity index (χ1v) is 8.66. The second-order valence-electron chi connectivity index (χ2n) is 7.07. The number of hydrogen-bond acceptors (Lipinski definition) is 4. The van der Waals surface area contributed by atoms with E-state index in [1.165, 1.54) is 36.8 Å². The van der Waals surface area contributed by atoms with Crippen molar-refractivity contribution in [3.63, 3.8) is 0 Å². The molecule has 120 valence electrons. The molecule has 0 unspecified atom stereocenters. The molecule has 1 aliphatic heterocycles. The van der Waals surface area contributed by atoms with E-state index >= 15 is 0 Å². The number of ketones is 2. The number of rotatable bonds is 1. The van der Waals surface area contributed by atoms with Crippen LogP contribution < -0.4 is 0 Å². The molecule has 24 heavy (non-hydrogen) atoms. The van der Waals surface area contributed by atoms with E-state index in [9.17, 15) is 9.59 Å². The largest absolute Gasteiger partial charge is 0.292 e. The van der Waals surface area contributed by atoms with E-state index in [-0.39, 0.29) is 11.6 Å². The van der Waals surface area contributed by atoms with Crippen LogP contribution in [0, 0.1) is 0 Å². The highest BCUT2D eigenvalue weighted by Gasteiger charge is 2.34. The van der Waals surface area contributed by atoms with E-state index < -0.39 is 0 Å². The third-order valence-electron chi connectivity index (χ3n) is 5.68. The van der Waals surface area contributed by atoms with Crippen LogP contribution in [0.4, 0.5) is 0 Å². The van der Waals surface area contributed by atoms with Crippen molar-refractivity contribution in [3.05, 3.63) is 64.0 Å². The zero-order chi connectivity index (χ0) is 16.3. The Kier molecular flexibility index (Phi) is 2.98. The molecule has 2 heterocycles. The topological polar surface area (TPSA) is 50.3 Å². The second-order valence-corrected chi connectivity index (χ2v) is 7.07. The second kappa shape index (κ2) is 5.08. The maximum atomic E-state index is 12.8. The molecule has 5 rings (SSSR count). The Morgan fingerprint density at radius 3 is 2.29 bits per heavy atom. The summed E-state index contributed by atoms with van der Waals surface area (Å²) in [5.41, 5.74) is 4.20. The van der Waals surface area contributed by atoms with Gasteiger partial charge in [0.1, 0.15) is 5.69 Å². The van der Waals surface area contributed by atoms with E-state index in [0.717, 1.165) is 13.1 Å². The first kappa shape index (κ1) is 14.1. The van der Waals surface area contributed by atoms with Crippen molar-refractivity contribution in [2.75, 3.05) is 0 Å². The summed E-state index contributed by atoms with van der Waals surface area (Å²) >= 11 is 0. The number of benzene rings is 1. The summed E-state index contributed by atoms with van der Waals surface area (Å²) in [4.78, 5) is 32.2. The van der Waals surface area contributed by atoms with Crippen molar-refractivity contribution >= 4 is 11.6 Å². The number of carbonyl (C=O) groups is 2. The maximum Gasteiger partial charge on any atom is 0.212 e. The van der Waals surface area contributed by atoms with E-state index in [1.807, 2.05) is 12.1 Å². The normalized spacial score (nSPS) is 20.2. The Bertz CT molecular complexity index is 817. The number of carbonyl (C=O) groups excluding carboxylic acids is 2. The average molecular weight is 318 g/mol. The predicted molar refractivity (Wildman–Crippen MR) is 89.0 cm³/mol. The van der Waals surface area contributed by atoms with Crippen LogP contribution >= 0.6 is 0 Å². The number of pyridine rings is 1. The van der Waals surface area contributed by atoms with Crippen LogP contribution in [0.15, 0.2) is 30.5 Å². The summed E-state index contributed by atoms with van der Waals surface area (Å²) in [7, 11) is 0. The fourth-order valence-corrected chi connectivity index (χ4v) is 4.42. The van der Waals surface area contributed by atoms with Crippen molar-refractivity contribution in [2.45, 2.75) is 44.8 Å². The molecule has 1 fully saturated rings. The van der Waals surface area contributed by atoms with E-state index in [0.29, 0.717) is 28.4 Å². The molecule has 0 spiro atoms. The molecule has 3 aliphatic rings. The van der Waals surface area contributed by atoms with Gasteiger partial charge in [-0.15, -0.1) is 0 Å². The molecule has 4 nitrogen and oxygen atoms in total. The van der Waals surface area contributed by atoms with Gasteiger partial charge < -0.3 is 0 Å². The number of hydrogen-bond donors (Lipinski definition) is 0. The molecule has 4 heteroatoms. The average Bonchev–Trinajstić information content (AvgIpc) is 3.27. The minimum absolute atomic E-state index is 0.0742. The third-order valence-corrected chi connectivity index (χ3v) is 5.68. The molecule has 0 amide bonds. The summed E-state index contributed by atoms with van der Waals surface area (Å²) in [5, 5.41) is 0. The van der Waals surface area contributed by atoms with Gasteiger partial charge in [-0.1, -0.05) is 12.8 Å². The fourth-order valence-electron chi connectivity index (χ4n) is 4.42. The number of nitrogens with zero attached hydrogens (tertiary/aromatic N) is 2. The van der Waals surface area contributed by atoms with Crippen molar-refractivity contribution in [2.24, 2.45) is 0 Å². The fraction of sp³-hybridized carbons (Fsp3) is 0.350. The van der Waals surface area contributed by atoms with Crippen LogP contribution in [-0.2, 0) is 13.1 Å². The Morgan fingerprint density at radius 1 is 0.917 bits per heavy atom. The molecule has 0 radical (unpaired) electrons. The van der Waals surface area contributed by atoms with Gasteiger partial charge in [0, 0.05) is 36.5 Å². The van der Waals surface area contributed by atoms with Gasteiger partial charge in [-0.2, -0.15) is 0 Å². The zero-order valence-corrected chi connectivity index (χ0v) is 13.4. The highest BCUT2D eigenvalue weighted by molar-refractivity contribution is 6.27. The van der Waals surface area contributed by atoms with Gasteiger partial charge in [0.2, 0.25) is 5.78 Å². The summed E-state index contributed by atoms with van der Waals surface area (Å²) < 4.78 is 0. The van der Waals surface area contributed by atoms with Crippen molar-refractivity contribution in [1.82, 2.24) is 9.88 Å². The Hall–Kier alpha value is -2.33. The summed E-state index contributed by atoms with van der Waals surface area (Å²) in [5.74, 6) is -0.197. The molecule has 0 atom stereocenters. The molecule has 1 saturated carbocycles. The van der Waals surface area contributed by atoms with Gasteiger partial charge in [0.15, 0.2) is 5.78 Å². The van der Waals surface area contributed by atoms with Crippen LogP contribution in [0.5, 0.6) is 0 Å². The smallest absolute Gasteiger partial charge is 0.212 e. The van der Waals surface area contributed by atoms with Crippen LogP contribution in [0.3, 0.4) is 0 Å². The van der Waals surface area contributed by atoms with Crippen LogP contribution in [0.2, 0.25) is 0 Å². The van der Waals surface area contributed by atoms with Gasteiger partial charge >= 0.3 is 0 Å². The molecule has 0 bridgehead atoms. The van der Waals surface area contributed by atoms with Crippen LogP contribution in [0.25, 0.3) is 0 Å². The third kappa shape index (κ3) is 1.93. The Morgan fingerprint density at radius 2 is 1.58 bits per heavy atom. The van der Waals surface area contributed by atoms with Gasteiger partial charge in [0.25, 0.3) is 0 Å². The highest BCUT2D eigenvalue weighted by atomic mass is 16.1. The van der Waals surface area contributed by atoms with Gasteiger partial charge in [-0.3, -0.25) is 19.5 Å². The SMILES string of the molecule is O=C1c2cc3c(cc2C(=O)c2ncccc21)CN(C1CCCC1)C3. The molecule has 2 aromatic rings. The summed E-state index contributed by atoms with van der Waals surface area (Å²) in [6.45, 7) is 1.79. The number of aromatic nitrogens is 1. The van der Waals surface area contributed by atoms with E-state index in [4.69, 9.17) is 0 Å². The highest BCUT2D eigenvalue weighted by Crippen LogP contribution is 2.35. The van der Waals surface area contributed by atoms with E-state index in [2.05, 4.69) is 9.88 Å². The van der Waals surface area contributed by atoms with Gasteiger partial charge in [-0.05, 0) is 48.2 Å². The van der Waals surface area contributed by atoms with Crippen LogP contribution in [0.1, 0.15) is 68.8 Å². The molecule has 0 saturated heterocycles. The lowest BCUT2D eigenvalue weighted by Crippen LogP contribution is -2.27. The lowest BCUT2D eigenvalue weighted by atomic mass is 9.85. The Balaban J connectivity index is 1.57. The lowest BCUT2D eigenvalue weighted by Gasteiger charge is -2.22. The van der Waals surface area contributed by atoms with Gasteiger partial charge in [-0.25, -0.2) is 0 Å². The standard InChI is InChI=1S/C20H18N2O2/c23-19-15-6-3-7-21-18(15)20(24)17-9-13-11-22(14-4-1-2-5-14)10-12(13)8-16(17)19/h3,6-9,14H,1-2,4-5,10-11H2. The molecular weight excluding hydrogens is 300 g/mol. The Labute approximate surface area is 140 Å². The zero-order valence-electron chi connectivity index (χ0n) is 13.4. The van der Waals surface area contributed by atoms with Crippen molar-refractivity contribution in [3.8, 4) is 0 Å². The molecule has 1 aromatic carbocycles. The first-order valence-electron chi connectivity index (χ1n) is 8.66. The quantitative estimate of drug-likeness (QED) is 0.692. The maximum absolute atomic E-state index is 12.8. The first-order chi connectivity index (χ1) is 11.7. The minimum atomic E-state index is -0.123. The van der Waals surface area contributed by atoms with Crippen LogP contribution in [-0.4, -0.2) is 27.5 Å². The predicted octanol–water partition coefficient (Wildman–Crippen LogP) is 3.12. The minimum Gasteiger partial charge on any atom is -0.292 e. The summed E-state index contributed by atoms with van der Waals surface area (Å²) in [6.07, 6.45) is 6.73. The molecular formula is C20H18N2O2. The van der Waals surface area contributed by atoms with Crippen molar-refractivity contribution < 1.29 is 9.59 Å². The molecule has 0 N–H and O–H groups in total.